The minimum atomic E-state index is -0.0417. The Hall–Kier alpha value is -0.150. The van der Waals surface area contributed by atoms with Gasteiger partial charge in [-0.05, 0) is 6.08 Å². The van der Waals surface area contributed by atoms with Crippen LogP contribution in [-0.2, 0) is 4.74 Å². The lowest BCUT2D eigenvalue weighted by Crippen LogP contribution is -1.94. The van der Waals surface area contributed by atoms with Crippen molar-refractivity contribution in [3.63, 3.8) is 0 Å². The Kier molecular flexibility index (Phi) is 1.59. The van der Waals surface area contributed by atoms with Gasteiger partial charge in [-0.15, -0.1) is 0 Å². The molecule has 0 radical (unpaired) electrons. The SMILES string of the molecule is OSC1CC=CO1. The lowest BCUT2D eigenvalue weighted by Gasteiger charge is -2.00. The molecular formula is C4H6O2S. The minimum Gasteiger partial charge on any atom is -0.485 e. The zero-order valence-electron chi connectivity index (χ0n) is 3.70. The second-order valence-electron chi connectivity index (χ2n) is 1.28. The van der Waals surface area contributed by atoms with Crippen LogP contribution in [0.5, 0.6) is 0 Å². The first-order chi connectivity index (χ1) is 3.43. The number of ether oxygens (including phenoxy) is 1. The molecule has 0 aromatic carbocycles. The van der Waals surface area contributed by atoms with Crippen LogP contribution >= 0.6 is 12.0 Å². The van der Waals surface area contributed by atoms with Gasteiger partial charge in [-0.2, -0.15) is 0 Å². The predicted molar refractivity (Wildman–Crippen MR) is 28.8 cm³/mol. The fourth-order valence-electron chi connectivity index (χ4n) is 0.433. The van der Waals surface area contributed by atoms with Crippen molar-refractivity contribution in [2.75, 3.05) is 0 Å². The topological polar surface area (TPSA) is 29.5 Å². The Morgan fingerprint density at radius 2 is 2.71 bits per heavy atom. The van der Waals surface area contributed by atoms with Gasteiger partial charge >= 0.3 is 0 Å². The number of hydrogen-bond donors (Lipinski definition) is 1. The molecule has 0 fully saturated rings. The highest BCUT2D eigenvalue weighted by atomic mass is 32.2. The molecule has 0 aromatic heterocycles. The second-order valence-corrected chi connectivity index (χ2v) is 2.02. The summed E-state index contributed by atoms with van der Waals surface area (Å²) in [7, 11) is 0. The third kappa shape index (κ3) is 1.11. The molecule has 7 heavy (non-hydrogen) atoms. The van der Waals surface area contributed by atoms with Crippen LogP contribution in [0.25, 0.3) is 0 Å². The van der Waals surface area contributed by atoms with Crippen molar-refractivity contribution >= 4 is 12.0 Å². The lowest BCUT2D eigenvalue weighted by atomic mass is 10.5. The molecule has 0 aromatic rings. The van der Waals surface area contributed by atoms with E-state index in [1.807, 2.05) is 6.08 Å². The first kappa shape index (κ1) is 5.00. The summed E-state index contributed by atoms with van der Waals surface area (Å²) in [5, 5.41) is 0. The molecular weight excluding hydrogens is 112 g/mol. The van der Waals surface area contributed by atoms with Crippen LogP contribution in [0, 0.1) is 0 Å². The number of rotatable bonds is 1. The van der Waals surface area contributed by atoms with Gasteiger partial charge in [0.2, 0.25) is 0 Å². The Balaban J connectivity index is 2.22. The van der Waals surface area contributed by atoms with E-state index in [1.54, 1.807) is 6.26 Å². The Bertz CT molecular complexity index is 73.8. The molecule has 2 nitrogen and oxygen atoms in total. The Morgan fingerprint density at radius 3 is 3.00 bits per heavy atom. The van der Waals surface area contributed by atoms with Gasteiger partial charge in [-0.1, -0.05) is 0 Å². The van der Waals surface area contributed by atoms with Crippen molar-refractivity contribution in [3.8, 4) is 0 Å². The maximum atomic E-state index is 8.32. The zero-order valence-corrected chi connectivity index (χ0v) is 4.52. The summed E-state index contributed by atoms with van der Waals surface area (Å²) < 4.78 is 13.2. The molecule has 0 amide bonds. The molecule has 0 saturated heterocycles. The Labute approximate surface area is 46.4 Å². The van der Waals surface area contributed by atoms with Crippen LogP contribution in [0.4, 0.5) is 0 Å². The molecule has 0 aliphatic carbocycles. The van der Waals surface area contributed by atoms with Crippen molar-refractivity contribution in [3.05, 3.63) is 12.3 Å². The summed E-state index contributed by atoms with van der Waals surface area (Å²) in [6.07, 6.45) is 4.31. The summed E-state index contributed by atoms with van der Waals surface area (Å²) in [6.45, 7) is 0. The fourth-order valence-corrected chi connectivity index (χ4v) is 0.744. The largest absolute Gasteiger partial charge is 0.485 e. The maximum Gasteiger partial charge on any atom is 0.171 e. The summed E-state index contributed by atoms with van der Waals surface area (Å²) in [6, 6.07) is 0. The first-order valence-corrected chi connectivity index (χ1v) is 2.88. The van der Waals surface area contributed by atoms with Crippen molar-refractivity contribution in [1.82, 2.24) is 0 Å². The van der Waals surface area contributed by atoms with E-state index >= 15 is 0 Å². The van der Waals surface area contributed by atoms with Gasteiger partial charge in [0.1, 0.15) is 0 Å². The smallest absolute Gasteiger partial charge is 0.171 e. The van der Waals surface area contributed by atoms with Gasteiger partial charge in [0.25, 0.3) is 0 Å². The van der Waals surface area contributed by atoms with Crippen LogP contribution in [0.3, 0.4) is 0 Å². The zero-order chi connectivity index (χ0) is 5.11. The first-order valence-electron chi connectivity index (χ1n) is 2.04. The predicted octanol–water partition coefficient (Wildman–Crippen LogP) is 1.45. The average molecular weight is 118 g/mol. The van der Waals surface area contributed by atoms with E-state index < -0.39 is 0 Å². The molecule has 40 valence electrons. The monoisotopic (exact) mass is 118 g/mol. The van der Waals surface area contributed by atoms with Crippen LogP contribution in [0.2, 0.25) is 0 Å². The molecule has 1 heterocycles. The van der Waals surface area contributed by atoms with Crippen molar-refractivity contribution < 1.29 is 9.29 Å². The van der Waals surface area contributed by atoms with Crippen molar-refractivity contribution in [2.45, 2.75) is 11.9 Å². The fraction of sp³-hybridized carbons (Fsp3) is 0.500. The second kappa shape index (κ2) is 2.23. The van der Waals surface area contributed by atoms with Gasteiger partial charge in [0.15, 0.2) is 5.44 Å². The highest BCUT2D eigenvalue weighted by molar-refractivity contribution is 7.94. The highest BCUT2D eigenvalue weighted by Gasteiger charge is 2.08. The summed E-state index contributed by atoms with van der Waals surface area (Å²) in [5.74, 6) is 0. The molecule has 0 bridgehead atoms. The van der Waals surface area contributed by atoms with E-state index in [4.69, 9.17) is 9.29 Å². The van der Waals surface area contributed by atoms with Gasteiger partial charge in [-0.3, -0.25) is 0 Å². The standard InChI is InChI=1S/C4H6O2S/c5-7-4-2-1-3-6-4/h1,3-5H,2H2. The van der Waals surface area contributed by atoms with E-state index in [2.05, 4.69) is 0 Å². The minimum absolute atomic E-state index is 0.0417. The van der Waals surface area contributed by atoms with Crippen molar-refractivity contribution in [1.29, 1.82) is 0 Å². The molecule has 0 saturated carbocycles. The third-order valence-electron chi connectivity index (χ3n) is 0.773. The van der Waals surface area contributed by atoms with Gasteiger partial charge in [0, 0.05) is 18.5 Å². The average Bonchev–Trinajstić information content (AvgIpc) is 2.14. The molecule has 0 spiro atoms. The van der Waals surface area contributed by atoms with Crippen LogP contribution in [0.1, 0.15) is 6.42 Å². The highest BCUT2D eigenvalue weighted by Crippen LogP contribution is 2.17. The molecule has 1 aliphatic heterocycles. The molecule has 1 rings (SSSR count). The maximum absolute atomic E-state index is 8.32. The lowest BCUT2D eigenvalue weighted by molar-refractivity contribution is 0.244. The van der Waals surface area contributed by atoms with Crippen LogP contribution < -0.4 is 0 Å². The summed E-state index contributed by atoms with van der Waals surface area (Å²) in [5.41, 5.74) is -0.0417. The van der Waals surface area contributed by atoms with E-state index in [9.17, 15) is 0 Å². The van der Waals surface area contributed by atoms with Gasteiger partial charge in [-0.25, -0.2) is 0 Å². The number of hydrogen-bond acceptors (Lipinski definition) is 3. The molecule has 1 atom stereocenters. The van der Waals surface area contributed by atoms with E-state index in [1.165, 1.54) is 0 Å². The molecule has 1 N–H and O–H groups in total. The molecule has 1 unspecified atom stereocenters. The third-order valence-corrected chi connectivity index (χ3v) is 1.31. The van der Waals surface area contributed by atoms with Gasteiger partial charge in [0.05, 0.1) is 6.26 Å². The van der Waals surface area contributed by atoms with E-state index in [0.717, 1.165) is 18.5 Å². The van der Waals surface area contributed by atoms with Gasteiger partial charge < -0.3 is 9.29 Å². The normalized spacial score (nSPS) is 27.9. The van der Waals surface area contributed by atoms with Crippen LogP contribution in [-0.4, -0.2) is 9.99 Å². The van der Waals surface area contributed by atoms with Crippen LogP contribution in [0.15, 0.2) is 12.3 Å². The quantitative estimate of drug-likeness (QED) is 0.528. The Morgan fingerprint density at radius 1 is 1.86 bits per heavy atom. The van der Waals surface area contributed by atoms with Crippen molar-refractivity contribution in [2.24, 2.45) is 0 Å². The molecule has 3 heteroatoms. The molecule has 1 aliphatic rings. The van der Waals surface area contributed by atoms with E-state index in [0.29, 0.717) is 0 Å². The summed E-state index contributed by atoms with van der Waals surface area (Å²) >= 11 is 0.748. The van der Waals surface area contributed by atoms with E-state index in [-0.39, 0.29) is 5.44 Å². The summed E-state index contributed by atoms with van der Waals surface area (Å²) in [4.78, 5) is 0.